The molecule has 0 heterocycles. The average molecular weight is 250 g/mol. The molecule has 0 aliphatic heterocycles. The van der Waals surface area contributed by atoms with Crippen molar-refractivity contribution in [3.05, 3.63) is 33.9 Å². The van der Waals surface area contributed by atoms with E-state index in [9.17, 15) is 10.1 Å². The third-order valence-corrected chi connectivity index (χ3v) is 3.46. The maximum atomic E-state index is 10.6. The Hall–Kier alpha value is -1.54. The van der Waals surface area contributed by atoms with E-state index in [0.717, 1.165) is 23.5 Å². The third kappa shape index (κ3) is 4.08. The number of unbranched alkanes of at least 4 members (excludes halogenated alkanes) is 2. The fourth-order valence-corrected chi connectivity index (χ4v) is 2.37. The minimum Gasteiger partial charge on any atom is -0.258 e. The number of non-ortho nitro benzene ring substituents is 1. The van der Waals surface area contributed by atoms with Gasteiger partial charge in [0.05, 0.1) is 10.5 Å². The minimum absolute atomic E-state index is 0.0283. The van der Waals surface area contributed by atoms with Gasteiger partial charge in [0.2, 0.25) is 0 Å². The van der Waals surface area contributed by atoms with Gasteiger partial charge in [-0.3, -0.25) is 10.1 Å². The fraction of sp³-hybridized carbons (Fsp3) is 0.417. The maximum absolute atomic E-state index is 10.6. The summed E-state index contributed by atoms with van der Waals surface area (Å²) in [4.78, 5) is 10.9. The lowest BCUT2D eigenvalue weighted by molar-refractivity contribution is -0.384. The van der Waals surface area contributed by atoms with Crippen LogP contribution >= 0.6 is 11.8 Å². The molecule has 0 amide bonds. The summed E-state index contributed by atoms with van der Waals surface area (Å²) in [6.07, 6.45) is 3.43. The van der Waals surface area contributed by atoms with E-state index in [2.05, 4.69) is 6.92 Å². The highest BCUT2D eigenvalue weighted by molar-refractivity contribution is 7.99. The first kappa shape index (κ1) is 13.5. The molecule has 0 saturated heterocycles. The van der Waals surface area contributed by atoms with Gasteiger partial charge in [-0.05, 0) is 18.2 Å². The lowest BCUT2D eigenvalue weighted by Gasteiger charge is -2.03. The number of nitriles is 1. The molecule has 0 unspecified atom stereocenters. The van der Waals surface area contributed by atoms with Crippen LogP contribution in [0.25, 0.3) is 0 Å². The molecule has 4 nitrogen and oxygen atoms in total. The van der Waals surface area contributed by atoms with Crippen LogP contribution in [0.2, 0.25) is 0 Å². The molecule has 0 N–H and O–H groups in total. The predicted molar refractivity (Wildman–Crippen MR) is 68.1 cm³/mol. The number of hydrogen-bond acceptors (Lipinski definition) is 4. The monoisotopic (exact) mass is 250 g/mol. The van der Waals surface area contributed by atoms with Crippen molar-refractivity contribution in [2.75, 3.05) is 5.75 Å². The van der Waals surface area contributed by atoms with Crippen molar-refractivity contribution >= 4 is 17.4 Å². The molecule has 1 rings (SSSR count). The molecule has 0 spiro atoms. The molecule has 17 heavy (non-hydrogen) atoms. The Kier molecular flexibility index (Phi) is 5.50. The topological polar surface area (TPSA) is 66.9 Å². The molecule has 0 radical (unpaired) electrons. The second-order valence-corrected chi connectivity index (χ2v) is 4.74. The van der Waals surface area contributed by atoms with Crippen LogP contribution in [0.4, 0.5) is 5.69 Å². The van der Waals surface area contributed by atoms with E-state index >= 15 is 0 Å². The van der Waals surface area contributed by atoms with Crippen LogP contribution in [0.3, 0.4) is 0 Å². The van der Waals surface area contributed by atoms with Gasteiger partial charge in [0.25, 0.3) is 5.69 Å². The number of benzene rings is 1. The summed E-state index contributed by atoms with van der Waals surface area (Å²) in [5.74, 6) is 0.945. The van der Waals surface area contributed by atoms with Crippen molar-refractivity contribution in [2.24, 2.45) is 0 Å². The first-order chi connectivity index (χ1) is 8.19. The van der Waals surface area contributed by atoms with Gasteiger partial charge in [-0.25, -0.2) is 0 Å². The van der Waals surface area contributed by atoms with E-state index in [1.54, 1.807) is 17.8 Å². The average Bonchev–Trinajstić information content (AvgIpc) is 2.34. The van der Waals surface area contributed by atoms with Crippen LogP contribution < -0.4 is 0 Å². The van der Waals surface area contributed by atoms with Gasteiger partial charge in [-0.15, -0.1) is 11.8 Å². The number of hydrogen-bond donors (Lipinski definition) is 0. The van der Waals surface area contributed by atoms with Crippen molar-refractivity contribution in [3.63, 3.8) is 0 Å². The van der Waals surface area contributed by atoms with Crippen LogP contribution in [-0.4, -0.2) is 10.7 Å². The Balaban J connectivity index is 2.73. The third-order valence-electron chi connectivity index (χ3n) is 2.30. The van der Waals surface area contributed by atoms with Crippen LogP contribution in [-0.2, 0) is 0 Å². The molecular formula is C12H14N2O2S. The minimum atomic E-state index is -0.480. The molecule has 0 bridgehead atoms. The van der Waals surface area contributed by atoms with Crippen molar-refractivity contribution in [2.45, 2.75) is 31.1 Å². The number of nitrogens with zero attached hydrogens (tertiary/aromatic N) is 2. The van der Waals surface area contributed by atoms with Crippen molar-refractivity contribution < 1.29 is 4.92 Å². The van der Waals surface area contributed by atoms with Gasteiger partial charge in [-0.1, -0.05) is 19.8 Å². The molecule has 0 atom stereocenters. The van der Waals surface area contributed by atoms with Crippen LogP contribution in [0, 0.1) is 21.4 Å². The van der Waals surface area contributed by atoms with E-state index in [-0.39, 0.29) is 5.69 Å². The van der Waals surface area contributed by atoms with Gasteiger partial charge in [0.15, 0.2) is 0 Å². The Labute approximate surface area is 105 Å². The molecule has 0 fully saturated rings. The summed E-state index contributed by atoms with van der Waals surface area (Å²) < 4.78 is 0. The van der Waals surface area contributed by atoms with E-state index in [1.807, 2.05) is 6.07 Å². The van der Waals surface area contributed by atoms with Crippen LogP contribution in [0.5, 0.6) is 0 Å². The number of thioether (sulfide) groups is 1. The summed E-state index contributed by atoms with van der Waals surface area (Å²) >= 11 is 1.59. The summed E-state index contributed by atoms with van der Waals surface area (Å²) in [6.45, 7) is 2.14. The Bertz CT molecular complexity index is 441. The van der Waals surface area contributed by atoms with Gasteiger partial charge in [0, 0.05) is 17.0 Å². The van der Waals surface area contributed by atoms with Gasteiger partial charge >= 0.3 is 0 Å². The molecule has 0 aliphatic rings. The van der Waals surface area contributed by atoms with E-state index in [0.29, 0.717) is 5.56 Å². The largest absolute Gasteiger partial charge is 0.270 e. The van der Waals surface area contributed by atoms with Crippen molar-refractivity contribution in [1.82, 2.24) is 0 Å². The van der Waals surface area contributed by atoms with Gasteiger partial charge < -0.3 is 0 Å². The standard InChI is InChI=1S/C12H14N2O2S/c1-2-3-4-7-17-12-6-5-11(14(15)16)8-10(12)9-13/h5-6,8H,2-4,7H2,1H3. The molecule has 0 aliphatic carbocycles. The maximum Gasteiger partial charge on any atom is 0.270 e. The van der Waals surface area contributed by atoms with Crippen molar-refractivity contribution in [1.29, 1.82) is 5.26 Å². The first-order valence-corrected chi connectivity index (χ1v) is 6.49. The zero-order chi connectivity index (χ0) is 12.7. The van der Waals surface area contributed by atoms with Gasteiger partial charge in [0.1, 0.15) is 6.07 Å². The van der Waals surface area contributed by atoms with E-state index in [4.69, 9.17) is 5.26 Å². The summed E-state index contributed by atoms with van der Waals surface area (Å²) in [5, 5.41) is 19.5. The number of nitro benzene ring substituents is 1. The Morgan fingerprint density at radius 2 is 2.24 bits per heavy atom. The summed E-state index contributed by atoms with van der Waals surface area (Å²) in [7, 11) is 0. The smallest absolute Gasteiger partial charge is 0.258 e. The number of rotatable bonds is 6. The highest BCUT2D eigenvalue weighted by atomic mass is 32.2. The molecule has 0 saturated carbocycles. The normalized spacial score (nSPS) is 9.88. The highest BCUT2D eigenvalue weighted by Gasteiger charge is 2.10. The number of nitro groups is 1. The summed E-state index contributed by atoms with van der Waals surface area (Å²) in [5.41, 5.74) is 0.361. The Morgan fingerprint density at radius 3 is 2.82 bits per heavy atom. The molecule has 0 aromatic heterocycles. The Morgan fingerprint density at radius 1 is 1.47 bits per heavy atom. The molecule has 1 aromatic rings. The first-order valence-electron chi connectivity index (χ1n) is 5.50. The zero-order valence-electron chi connectivity index (χ0n) is 9.68. The van der Waals surface area contributed by atoms with Crippen LogP contribution in [0.1, 0.15) is 31.7 Å². The SMILES string of the molecule is CCCCCSc1ccc([N+](=O)[O-])cc1C#N. The molecular weight excluding hydrogens is 236 g/mol. The zero-order valence-corrected chi connectivity index (χ0v) is 10.5. The summed E-state index contributed by atoms with van der Waals surface area (Å²) in [6, 6.07) is 6.45. The fourth-order valence-electron chi connectivity index (χ4n) is 1.38. The predicted octanol–water partition coefficient (Wildman–Crippen LogP) is 3.75. The van der Waals surface area contributed by atoms with E-state index < -0.39 is 4.92 Å². The van der Waals surface area contributed by atoms with Gasteiger partial charge in [-0.2, -0.15) is 5.26 Å². The quantitative estimate of drug-likeness (QED) is 0.334. The molecule has 1 aromatic carbocycles. The van der Waals surface area contributed by atoms with Crippen LogP contribution in [0.15, 0.2) is 23.1 Å². The molecule has 90 valence electrons. The van der Waals surface area contributed by atoms with Crippen molar-refractivity contribution in [3.8, 4) is 6.07 Å². The molecule has 5 heteroatoms. The lowest BCUT2D eigenvalue weighted by Crippen LogP contribution is -1.91. The second-order valence-electron chi connectivity index (χ2n) is 3.60. The highest BCUT2D eigenvalue weighted by Crippen LogP contribution is 2.26. The van der Waals surface area contributed by atoms with E-state index in [1.165, 1.54) is 18.6 Å². The second kappa shape index (κ2) is 6.92. The lowest BCUT2D eigenvalue weighted by atomic mass is 10.2.